The topological polar surface area (TPSA) is 128 Å². The Morgan fingerprint density at radius 3 is 2.42 bits per heavy atom. The summed E-state index contributed by atoms with van der Waals surface area (Å²) in [6.45, 7) is 6.62. The Balaban J connectivity index is 1.52. The second-order valence-electron chi connectivity index (χ2n) is 12.4. The number of alkyl halides is 3. The molecule has 3 aromatic heterocycles. The number of pyridine rings is 2. The molecule has 2 N–H and O–H groups in total. The molecule has 5 aromatic rings. The van der Waals surface area contributed by atoms with Crippen LogP contribution >= 0.6 is 0 Å². The van der Waals surface area contributed by atoms with Crippen molar-refractivity contribution in [3.8, 4) is 12.1 Å². The summed E-state index contributed by atoms with van der Waals surface area (Å²) in [4.78, 5) is 8.41. The minimum atomic E-state index is -4.52. The summed E-state index contributed by atoms with van der Waals surface area (Å²) >= 11 is 0. The van der Waals surface area contributed by atoms with Gasteiger partial charge in [0, 0.05) is 41.6 Å². The van der Waals surface area contributed by atoms with Gasteiger partial charge in [0.25, 0.3) is 0 Å². The third-order valence-corrected chi connectivity index (χ3v) is 7.93. The summed E-state index contributed by atoms with van der Waals surface area (Å²) < 4.78 is 57.6. The molecule has 0 amide bonds. The van der Waals surface area contributed by atoms with E-state index in [2.05, 4.69) is 43.1 Å². The first-order valence-corrected chi connectivity index (χ1v) is 14.1. The van der Waals surface area contributed by atoms with Crippen LogP contribution in [0.25, 0.3) is 21.7 Å². The maximum atomic E-state index is 14.8. The predicted octanol–water partition coefficient (Wildman–Crippen LogP) is 6.97. The minimum absolute atomic E-state index is 0.114. The summed E-state index contributed by atoms with van der Waals surface area (Å²) in [6, 6.07) is 11.1. The van der Waals surface area contributed by atoms with Crippen molar-refractivity contribution in [3.63, 3.8) is 0 Å². The lowest BCUT2D eigenvalue weighted by Gasteiger charge is -2.23. The number of anilines is 2. The van der Waals surface area contributed by atoms with Gasteiger partial charge in [0.05, 0.1) is 34.6 Å². The normalized spacial score (nSPS) is 15.0. The molecule has 45 heavy (non-hydrogen) atoms. The fourth-order valence-electron chi connectivity index (χ4n) is 5.39. The zero-order chi connectivity index (χ0) is 32.1. The average molecular weight is 614 g/mol. The largest absolute Gasteiger partial charge is 0.413 e. The van der Waals surface area contributed by atoms with Gasteiger partial charge in [-0.3, -0.25) is 9.97 Å². The number of nitrogens with one attached hydrogen (secondary N) is 2. The summed E-state index contributed by atoms with van der Waals surface area (Å²) in [5, 5.41) is 35.8. The van der Waals surface area contributed by atoms with Gasteiger partial charge in [-0.25, -0.2) is 9.07 Å². The number of nitrogens with zero attached hydrogens (tertiary/aromatic N) is 7. The van der Waals surface area contributed by atoms with Gasteiger partial charge < -0.3 is 10.6 Å². The summed E-state index contributed by atoms with van der Waals surface area (Å²) in [6.07, 6.45) is 0.790. The van der Waals surface area contributed by atoms with Gasteiger partial charge in [-0.1, -0.05) is 32.1 Å². The highest BCUT2D eigenvalue weighted by molar-refractivity contribution is 5.99. The van der Waals surface area contributed by atoms with E-state index in [1.165, 1.54) is 36.9 Å². The van der Waals surface area contributed by atoms with Crippen LogP contribution < -0.4 is 10.6 Å². The van der Waals surface area contributed by atoms with Crippen molar-refractivity contribution in [3.05, 3.63) is 83.3 Å². The lowest BCUT2D eigenvalue weighted by Crippen LogP contribution is -2.35. The average Bonchev–Trinajstić information content (AvgIpc) is 3.69. The molecule has 1 atom stereocenters. The first-order valence-electron chi connectivity index (χ1n) is 14.1. The van der Waals surface area contributed by atoms with Crippen molar-refractivity contribution in [1.29, 1.82) is 10.5 Å². The monoisotopic (exact) mass is 613 g/mol. The lowest BCUT2D eigenvalue weighted by atomic mass is 9.96. The van der Waals surface area contributed by atoms with E-state index < -0.39 is 23.6 Å². The van der Waals surface area contributed by atoms with Crippen LogP contribution in [0.1, 0.15) is 62.0 Å². The molecule has 1 unspecified atom stereocenters. The van der Waals surface area contributed by atoms with Crippen LogP contribution in [0, 0.1) is 33.9 Å². The van der Waals surface area contributed by atoms with E-state index in [-0.39, 0.29) is 40.5 Å². The molecule has 1 aliphatic carbocycles. The van der Waals surface area contributed by atoms with Gasteiger partial charge in [0.15, 0.2) is 5.54 Å². The second-order valence-corrected chi connectivity index (χ2v) is 12.4. The molecule has 1 aliphatic rings. The molecular weight excluding hydrogens is 586 g/mol. The third kappa shape index (κ3) is 5.35. The number of hydrogen-bond donors (Lipinski definition) is 2. The van der Waals surface area contributed by atoms with Crippen molar-refractivity contribution in [2.75, 3.05) is 17.2 Å². The zero-order valence-corrected chi connectivity index (χ0v) is 24.5. The highest BCUT2D eigenvalue weighted by Gasteiger charge is 2.66. The van der Waals surface area contributed by atoms with E-state index in [0.29, 0.717) is 39.8 Å². The van der Waals surface area contributed by atoms with E-state index >= 15 is 0 Å². The third-order valence-electron chi connectivity index (χ3n) is 7.93. The molecule has 0 aliphatic heterocycles. The standard InChI is InChI=1S/C32H27F4N9/c1-30(2,3)17-41-28-19(13-38)14-40-27-18(12-37)10-20(11-23(27)28)42-29(22-4-5-25(33)24-15-39-9-6-21(22)24)26-16-45(44-43-26)31(7-8-31)32(34,35)36/h4-6,9-11,14-16,29,42H,7-8,17H2,1-3H3,(H,40,41). The van der Waals surface area contributed by atoms with Crippen molar-refractivity contribution >= 4 is 33.1 Å². The van der Waals surface area contributed by atoms with E-state index in [1.54, 1.807) is 18.2 Å². The van der Waals surface area contributed by atoms with Crippen LogP contribution in [-0.4, -0.2) is 37.7 Å². The first-order chi connectivity index (χ1) is 21.3. The number of nitriles is 2. The number of halogens is 4. The molecule has 2 aromatic carbocycles. The Hall–Kier alpha value is -5.30. The lowest BCUT2D eigenvalue weighted by molar-refractivity contribution is -0.182. The van der Waals surface area contributed by atoms with E-state index in [0.717, 1.165) is 4.68 Å². The molecule has 1 saturated carbocycles. The molecule has 0 spiro atoms. The van der Waals surface area contributed by atoms with Gasteiger partial charge in [-0.15, -0.1) is 5.10 Å². The number of fused-ring (bicyclic) bond motifs is 2. The molecule has 0 saturated heterocycles. The number of rotatable bonds is 7. The van der Waals surface area contributed by atoms with Crippen LogP contribution in [0.4, 0.5) is 28.9 Å². The Morgan fingerprint density at radius 2 is 1.76 bits per heavy atom. The van der Waals surface area contributed by atoms with Crippen molar-refractivity contribution in [1.82, 2.24) is 25.0 Å². The zero-order valence-electron chi connectivity index (χ0n) is 24.5. The molecular formula is C32H27F4N9. The number of aromatic nitrogens is 5. The Bertz CT molecular complexity index is 2030. The molecule has 1 fully saturated rings. The van der Waals surface area contributed by atoms with Crippen molar-refractivity contribution < 1.29 is 17.6 Å². The summed E-state index contributed by atoms with van der Waals surface area (Å²) in [5.74, 6) is -0.514. The molecule has 3 heterocycles. The molecule has 6 rings (SSSR count). The van der Waals surface area contributed by atoms with Gasteiger partial charge in [0.1, 0.15) is 23.6 Å². The van der Waals surface area contributed by atoms with Crippen LogP contribution in [0.5, 0.6) is 0 Å². The van der Waals surface area contributed by atoms with E-state index in [1.807, 2.05) is 20.8 Å². The number of hydrogen-bond acceptors (Lipinski definition) is 8. The van der Waals surface area contributed by atoms with Gasteiger partial charge in [0.2, 0.25) is 0 Å². The van der Waals surface area contributed by atoms with Crippen LogP contribution in [-0.2, 0) is 5.54 Å². The molecule has 0 bridgehead atoms. The van der Waals surface area contributed by atoms with Gasteiger partial charge in [-0.05, 0) is 53.5 Å². The van der Waals surface area contributed by atoms with Crippen LogP contribution in [0.15, 0.2) is 55.1 Å². The van der Waals surface area contributed by atoms with Gasteiger partial charge in [-0.2, -0.15) is 23.7 Å². The maximum Gasteiger partial charge on any atom is 0.413 e. The summed E-state index contributed by atoms with van der Waals surface area (Å²) in [7, 11) is 0. The summed E-state index contributed by atoms with van der Waals surface area (Å²) in [5.41, 5.74) is 0.170. The Morgan fingerprint density at radius 1 is 1.00 bits per heavy atom. The highest BCUT2D eigenvalue weighted by atomic mass is 19.4. The molecule has 0 radical (unpaired) electrons. The van der Waals surface area contributed by atoms with Crippen molar-refractivity contribution in [2.24, 2.45) is 5.41 Å². The fraction of sp³-hybridized carbons (Fsp3) is 0.312. The quantitative estimate of drug-likeness (QED) is 0.189. The molecule has 13 heteroatoms. The fourth-order valence-corrected chi connectivity index (χ4v) is 5.39. The van der Waals surface area contributed by atoms with E-state index in [4.69, 9.17) is 0 Å². The number of benzene rings is 2. The van der Waals surface area contributed by atoms with Crippen molar-refractivity contribution in [2.45, 2.75) is 51.4 Å². The Kier molecular flexibility index (Phi) is 7.08. The van der Waals surface area contributed by atoms with E-state index in [9.17, 15) is 28.1 Å². The molecule has 228 valence electrons. The highest BCUT2D eigenvalue weighted by Crippen LogP contribution is 2.55. The Labute approximate surface area is 255 Å². The smallest absolute Gasteiger partial charge is 0.383 e. The van der Waals surface area contributed by atoms with Crippen LogP contribution in [0.3, 0.4) is 0 Å². The van der Waals surface area contributed by atoms with Gasteiger partial charge >= 0.3 is 6.18 Å². The predicted molar refractivity (Wildman–Crippen MR) is 160 cm³/mol. The van der Waals surface area contributed by atoms with Crippen LogP contribution in [0.2, 0.25) is 0 Å². The minimum Gasteiger partial charge on any atom is -0.383 e. The molecule has 9 nitrogen and oxygen atoms in total. The SMILES string of the molecule is CC(C)(C)CNc1c(C#N)cnc2c(C#N)cc(NC(c3cn(C4(C(F)(F)F)CC4)nn3)c3ccc(F)c4cnccc34)cc12. The second kappa shape index (κ2) is 10.7. The first kappa shape index (κ1) is 29.8. The maximum absolute atomic E-state index is 14.8.